The summed E-state index contributed by atoms with van der Waals surface area (Å²) in [6, 6.07) is 9.23. The van der Waals surface area contributed by atoms with Crippen molar-refractivity contribution in [3.63, 3.8) is 0 Å². The molecule has 3 aromatic rings. The molecule has 0 radical (unpaired) electrons. The molecule has 0 aromatic carbocycles. The number of rotatable bonds is 4. The van der Waals surface area contributed by atoms with Crippen LogP contribution in [0.4, 0.5) is 5.95 Å². The minimum atomic E-state index is -0.0898. The predicted molar refractivity (Wildman–Crippen MR) is 77.8 cm³/mol. The number of H-pyrrole nitrogens is 1. The second-order valence-electron chi connectivity index (χ2n) is 5.18. The Hall–Kier alpha value is -2.96. The fourth-order valence-corrected chi connectivity index (χ4v) is 2.44. The average Bonchev–Trinajstić information content (AvgIpc) is 2.97. The molecule has 7 nitrogen and oxygen atoms in total. The number of aromatic amines is 1. The molecule has 2 atom stereocenters. The lowest BCUT2D eigenvalue weighted by atomic mass is 10.2. The highest BCUT2D eigenvalue weighted by Crippen LogP contribution is 2.48. The van der Waals surface area contributed by atoms with Gasteiger partial charge < -0.3 is 4.42 Å². The molecular formula is C15H13N5O2. The van der Waals surface area contributed by atoms with Gasteiger partial charge in [-0.2, -0.15) is 4.98 Å². The summed E-state index contributed by atoms with van der Waals surface area (Å²) in [6.07, 6.45) is 4.09. The van der Waals surface area contributed by atoms with Crippen molar-refractivity contribution in [1.29, 1.82) is 0 Å². The van der Waals surface area contributed by atoms with Crippen LogP contribution in [-0.2, 0) is 4.79 Å². The first kappa shape index (κ1) is 12.8. The number of aromatic nitrogens is 4. The number of pyridine rings is 1. The summed E-state index contributed by atoms with van der Waals surface area (Å²) < 4.78 is 5.32. The highest BCUT2D eigenvalue weighted by Gasteiger charge is 2.46. The van der Waals surface area contributed by atoms with Crippen LogP contribution in [0, 0.1) is 5.92 Å². The van der Waals surface area contributed by atoms with E-state index in [2.05, 4.69) is 25.5 Å². The fraction of sp³-hybridized carbons (Fsp3) is 0.200. The van der Waals surface area contributed by atoms with E-state index in [9.17, 15) is 4.79 Å². The Balaban J connectivity index is 1.42. The molecule has 0 spiro atoms. The summed E-state index contributed by atoms with van der Waals surface area (Å²) in [5.41, 5.74) is 0.676. The average molecular weight is 295 g/mol. The Labute approximate surface area is 125 Å². The Bertz CT molecular complexity index is 781. The zero-order valence-corrected chi connectivity index (χ0v) is 11.6. The molecule has 1 fully saturated rings. The van der Waals surface area contributed by atoms with Gasteiger partial charge in [-0.05, 0) is 30.7 Å². The fourth-order valence-electron chi connectivity index (χ4n) is 2.44. The van der Waals surface area contributed by atoms with Gasteiger partial charge in [0.1, 0.15) is 11.5 Å². The molecule has 1 saturated carbocycles. The lowest BCUT2D eigenvalue weighted by molar-refractivity contribution is -0.117. The molecule has 0 aliphatic heterocycles. The number of amides is 1. The van der Waals surface area contributed by atoms with Crippen LogP contribution >= 0.6 is 0 Å². The van der Waals surface area contributed by atoms with E-state index >= 15 is 0 Å². The molecule has 4 rings (SSSR count). The van der Waals surface area contributed by atoms with Crippen molar-refractivity contribution < 1.29 is 9.21 Å². The maximum absolute atomic E-state index is 12.2. The van der Waals surface area contributed by atoms with Gasteiger partial charge in [-0.25, -0.2) is 0 Å². The first-order chi connectivity index (χ1) is 10.8. The summed E-state index contributed by atoms with van der Waals surface area (Å²) >= 11 is 0. The summed E-state index contributed by atoms with van der Waals surface area (Å²) in [6.45, 7) is 0. The zero-order valence-electron chi connectivity index (χ0n) is 11.6. The van der Waals surface area contributed by atoms with E-state index in [0.29, 0.717) is 11.5 Å². The number of carbonyl (C=O) groups excluding carboxylic acids is 1. The third-order valence-electron chi connectivity index (χ3n) is 3.66. The molecular weight excluding hydrogens is 282 g/mol. The maximum Gasteiger partial charge on any atom is 0.249 e. The molecule has 0 saturated heterocycles. The summed E-state index contributed by atoms with van der Waals surface area (Å²) in [4.78, 5) is 20.6. The molecule has 3 aromatic heterocycles. The minimum Gasteiger partial charge on any atom is -0.469 e. The molecule has 1 amide bonds. The van der Waals surface area contributed by atoms with Gasteiger partial charge in [0.2, 0.25) is 11.9 Å². The summed E-state index contributed by atoms with van der Waals surface area (Å²) in [7, 11) is 0. The van der Waals surface area contributed by atoms with E-state index in [4.69, 9.17) is 4.42 Å². The summed E-state index contributed by atoms with van der Waals surface area (Å²) in [5, 5.41) is 9.49. The number of hydrogen-bond acceptors (Lipinski definition) is 5. The molecule has 1 aliphatic carbocycles. The number of nitrogens with one attached hydrogen (secondary N) is 2. The van der Waals surface area contributed by atoms with E-state index in [1.54, 1.807) is 12.5 Å². The highest BCUT2D eigenvalue weighted by molar-refractivity contribution is 5.93. The molecule has 22 heavy (non-hydrogen) atoms. The predicted octanol–water partition coefficient (Wildman–Crippen LogP) is 2.20. The molecule has 2 N–H and O–H groups in total. The number of anilines is 1. The molecule has 110 valence electrons. The number of carbonyl (C=O) groups is 1. The van der Waals surface area contributed by atoms with E-state index in [1.165, 1.54) is 0 Å². The maximum atomic E-state index is 12.2. The van der Waals surface area contributed by atoms with Gasteiger partial charge in [0, 0.05) is 18.0 Å². The Morgan fingerprint density at radius 1 is 1.32 bits per heavy atom. The van der Waals surface area contributed by atoms with Crippen molar-refractivity contribution in [1.82, 2.24) is 20.2 Å². The van der Waals surface area contributed by atoms with Crippen LogP contribution in [0.3, 0.4) is 0 Å². The minimum absolute atomic E-state index is 0.0806. The quantitative estimate of drug-likeness (QED) is 0.769. The second-order valence-corrected chi connectivity index (χ2v) is 5.18. The highest BCUT2D eigenvalue weighted by atomic mass is 16.3. The van der Waals surface area contributed by atoms with Crippen molar-refractivity contribution in [3.05, 3.63) is 48.6 Å². The van der Waals surface area contributed by atoms with Gasteiger partial charge >= 0.3 is 0 Å². The van der Waals surface area contributed by atoms with Crippen molar-refractivity contribution >= 4 is 11.9 Å². The van der Waals surface area contributed by atoms with Crippen LogP contribution in [0.2, 0.25) is 0 Å². The van der Waals surface area contributed by atoms with Crippen molar-refractivity contribution in [2.75, 3.05) is 5.32 Å². The zero-order chi connectivity index (χ0) is 14.9. The number of furan rings is 1. The SMILES string of the molecule is O=C(Nc1n[nH]c(-c2ccccn2)n1)[C@H]1C[C@H]1c1ccco1. The standard InChI is InChI=1S/C15H13N5O2/c21-14(10-8-9(10)12-5-3-7-22-12)18-15-17-13(19-20-15)11-4-1-2-6-16-11/h1-7,9-10H,8H2,(H2,17,18,19,20,21)/t9-,10+/m1/s1. The monoisotopic (exact) mass is 295 g/mol. The van der Waals surface area contributed by atoms with E-state index < -0.39 is 0 Å². The van der Waals surface area contributed by atoms with Crippen molar-refractivity contribution in [2.24, 2.45) is 5.92 Å². The van der Waals surface area contributed by atoms with Gasteiger partial charge in [0.05, 0.1) is 6.26 Å². The molecule has 3 heterocycles. The van der Waals surface area contributed by atoms with Crippen molar-refractivity contribution in [3.8, 4) is 11.5 Å². The number of hydrogen-bond donors (Lipinski definition) is 2. The third-order valence-corrected chi connectivity index (χ3v) is 3.66. The van der Waals surface area contributed by atoms with Gasteiger partial charge in [-0.15, -0.1) is 5.10 Å². The Morgan fingerprint density at radius 3 is 3.05 bits per heavy atom. The van der Waals surface area contributed by atoms with E-state index in [1.807, 2.05) is 30.3 Å². The molecule has 0 bridgehead atoms. The van der Waals surface area contributed by atoms with Crippen LogP contribution in [0.15, 0.2) is 47.2 Å². The smallest absolute Gasteiger partial charge is 0.249 e. The first-order valence-electron chi connectivity index (χ1n) is 6.99. The Kier molecular flexibility index (Phi) is 2.96. The normalized spacial score (nSPS) is 19.8. The van der Waals surface area contributed by atoms with Crippen LogP contribution in [0.5, 0.6) is 0 Å². The number of nitrogens with zero attached hydrogens (tertiary/aromatic N) is 3. The molecule has 0 unspecified atom stereocenters. The lowest BCUT2D eigenvalue weighted by Gasteiger charge is -1.98. The molecule has 1 aliphatic rings. The lowest BCUT2D eigenvalue weighted by Crippen LogP contribution is -2.15. The van der Waals surface area contributed by atoms with Crippen LogP contribution < -0.4 is 5.32 Å². The van der Waals surface area contributed by atoms with Gasteiger partial charge in [-0.1, -0.05) is 6.07 Å². The van der Waals surface area contributed by atoms with Crippen LogP contribution in [0.1, 0.15) is 18.1 Å². The Morgan fingerprint density at radius 2 is 2.27 bits per heavy atom. The third kappa shape index (κ3) is 2.37. The van der Waals surface area contributed by atoms with Crippen LogP contribution in [-0.4, -0.2) is 26.1 Å². The van der Waals surface area contributed by atoms with Gasteiger partial charge in [0.25, 0.3) is 0 Å². The second kappa shape index (κ2) is 5.10. The first-order valence-corrected chi connectivity index (χ1v) is 6.99. The molecule has 7 heteroatoms. The summed E-state index contributed by atoms with van der Waals surface area (Å²) in [5.74, 6) is 1.62. The van der Waals surface area contributed by atoms with Gasteiger partial charge in [0.15, 0.2) is 5.82 Å². The topological polar surface area (TPSA) is 96.7 Å². The largest absolute Gasteiger partial charge is 0.469 e. The van der Waals surface area contributed by atoms with E-state index in [-0.39, 0.29) is 23.7 Å². The van der Waals surface area contributed by atoms with Crippen molar-refractivity contribution in [2.45, 2.75) is 12.3 Å². The van der Waals surface area contributed by atoms with Gasteiger partial charge in [-0.3, -0.25) is 20.2 Å². The van der Waals surface area contributed by atoms with Crippen LogP contribution in [0.25, 0.3) is 11.5 Å². The van der Waals surface area contributed by atoms with E-state index in [0.717, 1.165) is 12.2 Å².